The van der Waals surface area contributed by atoms with Gasteiger partial charge in [0.25, 0.3) is 5.56 Å². The summed E-state index contributed by atoms with van der Waals surface area (Å²) in [6.45, 7) is 4.47. The molecule has 7 heteroatoms. The number of benzene rings is 2. The molecule has 2 aliphatic heterocycles. The third-order valence-corrected chi connectivity index (χ3v) is 7.14. The average Bonchev–Trinajstić information content (AvgIpc) is 3.00. The fraction of sp³-hybridized carbons (Fsp3) is 0.357. The number of rotatable bonds is 4. The molecule has 0 aliphatic carbocycles. The van der Waals surface area contributed by atoms with Gasteiger partial charge in [0, 0.05) is 42.9 Å². The molecule has 2 aliphatic rings. The second-order valence-corrected chi connectivity index (χ2v) is 9.80. The Balaban J connectivity index is 1.33. The van der Waals surface area contributed by atoms with Crippen molar-refractivity contribution in [2.45, 2.75) is 51.5 Å². The van der Waals surface area contributed by atoms with Crippen molar-refractivity contribution in [3.8, 4) is 0 Å². The summed E-state index contributed by atoms with van der Waals surface area (Å²) in [4.78, 5) is 45.0. The number of ketones is 1. The summed E-state index contributed by atoms with van der Waals surface area (Å²) in [5.41, 5.74) is 3.42. The highest BCUT2D eigenvalue weighted by molar-refractivity contribution is 5.98. The van der Waals surface area contributed by atoms with E-state index in [-0.39, 0.29) is 28.9 Å². The highest BCUT2D eigenvalue weighted by Gasteiger charge is 2.38. The first-order valence-electron chi connectivity index (χ1n) is 12.1. The summed E-state index contributed by atoms with van der Waals surface area (Å²) < 4.78 is 7.08. The Labute approximate surface area is 204 Å². The van der Waals surface area contributed by atoms with Gasteiger partial charge >= 0.3 is 5.97 Å². The normalized spacial score (nSPS) is 17.7. The Hall–Kier alpha value is -3.74. The first-order valence-corrected chi connectivity index (χ1v) is 12.1. The molecular formula is C28H29N3O4. The van der Waals surface area contributed by atoms with Crippen molar-refractivity contribution >= 4 is 28.3 Å². The van der Waals surface area contributed by atoms with Crippen LogP contribution < -0.4 is 10.5 Å². The third kappa shape index (κ3) is 4.05. The summed E-state index contributed by atoms with van der Waals surface area (Å²) in [6, 6.07) is 12.8. The Kier molecular flexibility index (Phi) is 5.79. The van der Waals surface area contributed by atoms with Gasteiger partial charge in [-0.2, -0.15) is 0 Å². The quantitative estimate of drug-likeness (QED) is 0.420. The zero-order valence-electron chi connectivity index (χ0n) is 20.3. The lowest BCUT2D eigenvalue weighted by Crippen LogP contribution is -2.25. The monoisotopic (exact) mass is 471 g/mol. The molecule has 7 nitrogen and oxygen atoms in total. The summed E-state index contributed by atoms with van der Waals surface area (Å²) in [6.07, 6.45) is 5.34. The van der Waals surface area contributed by atoms with Crippen LogP contribution in [0.3, 0.4) is 0 Å². The number of hydrogen-bond acceptors (Lipinski definition) is 6. The van der Waals surface area contributed by atoms with Crippen LogP contribution in [0, 0.1) is 0 Å². The number of ether oxygens (including phenoxy) is 1. The van der Waals surface area contributed by atoms with Crippen LogP contribution in [0.4, 0.5) is 5.69 Å². The number of esters is 1. The molecule has 2 aromatic carbocycles. The maximum absolute atomic E-state index is 12.9. The number of likely N-dealkylation sites (N-methyl/N-ethyl adjacent to an activating group) is 1. The van der Waals surface area contributed by atoms with Gasteiger partial charge in [-0.25, -0.2) is 9.78 Å². The van der Waals surface area contributed by atoms with Crippen molar-refractivity contribution < 1.29 is 14.3 Å². The summed E-state index contributed by atoms with van der Waals surface area (Å²) in [7, 11) is 1.93. The van der Waals surface area contributed by atoms with Crippen molar-refractivity contribution in [2.24, 2.45) is 0 Å². The van der Waals surface area contributed by atoms with Gasteiger partial charge < -0.3 is 9.64 Å². The van der Waals surface area contributed by atoms with Gasteiger partial charge in [0.1, 0.15) is 5.82 Å². The lowest BCUT2D eigenvalue weighted by Gasteiger charge is -2.23. The molecule has 180 valence electrons. The van der Waals surface area contributed by atoms with E-state index in [9.17, 15) is 14.4 Å². The molecular weight excluding hydrogens is 442 g/mol. The van der Waals surface area contributed by atoms with E-state index in [4.69, 9.17) is 4.74 Å². The van der Waals surface area contributed by atoms with Crippen LogP contribution in [0.25, 0.3) is 10.9 Å². The highest BCUT2D eigenvalue weighted by atomic mass is 16.5. The third-order valence-electron chi connectivity index (χ3n) is 7.14. The van der Waals surface area contributed by atoms with Crippen molar-refractivity contribution in [1.82, 2.24) is 9.55 Å². The number of allylic oxidation sites excluding steroid dienone is 1. The molecule has 1 aromatic heterocycles. The molecule has 0 spiro atoms. The van der Waals surface area contributed by atoms with E-state index in [0.717, 1.165) is 48.5 Å². The molecule has 0 amide bonds. The van der Waals surface area contributed by atoms with E-state index < -0.39 is 5.97 Å². The number of hydrogen-bond donors (Lipinski definition) is 0. The van der Waals surface area contributed by atoms with Crippen LogP contribution in [-0.2, 0) is 27.9 Å². The van der Waals surface area contributed by atoms with Gasteiger partial charge in [0.05, 0.1) is 16.5 Å². The molecule has 5 rings (SSSR count). The van der Waals surface area contributed by atoms with E-state index in [2.05, 4.69) is 24.9 Å². The summed E-state index contributed by atoms with van der Waals surface area (Å²) in [5, 5.41) is 0.485. The minimum absolute atomic E-state index is 0.0714. The van der Waals surface area contributed by atoms with Gasteiger partial charge in [0.15, 0.2) is 12.4 Å². The van der Waals surface area contributed by atoms with Crippen LogP contribution in [0.5, 0.6) is 0 Å². The molecule has 0 fully saturated rings. The lowest BCUT2D eigenvalue weighted by molar-refractivity contribution is -0.117. The van der Waals surface area contributed by atoms with Crippen LogP contribution in [0.2, 0.25) is 0 Å². The first-order chi connectivity index (χ1) is 16.8. The summed E-state index contributed by atoms with van der Waals surface area (Å²) in [5.74, 6) is -0.141. The number of fused-ring (bicyclic) bond motifs is 3. The number of aryl methyl sites for hydroxylation is 1. The zero-order valence-corrected chi connectivity index (χ0v) is 20.3. The minimum Gasteiger partial charge on any atom is -0.454 e. The van der Waals surface area contributed by atoms with E-state index in [1.54, 1.807) is 28.8 Å². The number of nitrogens with zero attached hydrogens (tertiary/aromatic N) is 3. The Morgan fingerprint density at radius 3 is 2.71 bits per heavy atom. The van der Waals surface area contributed by atoms with E-state index in [1.165, 1.54) is 0 Å². The summed E-state index contributed by atoms with van der Waals surface area (Å²) >= 11 is 0. The molecule has 0 unspecified atom stereocenters. The zero-order chi connectivity index (χ0) is 24.7. The molecule has 0 atom stereocenters. The van der Waals surface area contributed by atoms with E-state index in [1.807, 2.05) is 30.1 Å². The predicted octanol–water partition coefficient (Wildman–Crippen LogP) is 4.16. The fourth-order valence-electron chi connectivity index (χ4n) is 5.22. The topological polar surface area (TPSA) is 81.5 Å². The van der Waals surface area contributed by atoms with Crippen molar-refractivity contribution in [2.75, 3.05) is 18.6 Å². The van der Waals surface area contributed by atoms with Crippen LogP contribution in [0.1, 0.15) is 54.9 Å². The fourth-order valence-corrected chi connectivity index (χ4v) is 5.22. The number of carbonyl (C=O) groups excluding carboxylic acids is 2. The van der Waals surface area contributed by atoms with Crippen LogP contribution >= 0.6 is 0 Å². The molecule has 0 saturated carbocycles. The van der Waals surface area contributed by atoms with Gasteiger partial charge in [-0.15, -0.1) is 0 Å². The van der Waals surface area contributed by atoms with Gasteiger partial charge in [-0.1, -0.05) is 38.5 Å². The molecule has 0 N–H and O–H groups in total. The van der Waals surface area contributed by atoms with Crippen LogP contribution in [-0.4, -0.2) is 35.0 Å². The standard InChI is InChI=1S/C28H29N3O4/c1-28(2)21-9-6-7-10-23(21)30(3)24(28)16-19(32)17-35-27(34)18-12-13-20-22(15-18)29-25-11-5-4-8-14-31(25)26(20)33/h6-7,9-10,12-13,15-16H,4-5,8,11,14,17H2,1-3H3/b24-16-. The van der Waals surface area contributed by atoms with Gasteiger partial charge in [0.2, 0.25) is 0 Å². The Morgan fingerprint density at radius 1 is 1.11 bits per heavy atom. The maximum atomic E-state index is 12.9. The second kappa shape index (κ2) is 8.80. The van der Waals surface area contributed by atoms with Gasteiger partial charge in [-0.05, 0) is 42.7 Å². The van der Waals surface area contributed by atoms with Crippen molar-refractivity contribution in [3.63, 3.8) is 0 Å². The number of anilines is 1. The maximum Gasteiger partial charge on any atom is 0.338 e. The molecule has 0 saturated heterocycles. The minimum atomic E-state index is -0.613. The Morgan fingerprint density at radius 2 is 1.91 bits per heavy atom. The largest absolute Gasteiger partial charge is 0.454 e. The van der Waals surface area contributed by atoms with E-state index in [0.29, 0.717) is 17.4 Å². The van der Waals surface area contributed by atoms with Crippen LogP contribution in [0.15, 0.2) is 59.0 Å². The van der Waals surface area contributed by atoms with Crippen molar-refractivity contribution in [1.29, 1.82) is 0 Å². The molecule has 0 bridgehead atoms. The molecule has 0 radical (unpaired) electrons. The molecule has 3 aromatic rings. The SMILES string of the molecule is CN1/C(=C\C(=O)COC(=O)c2ccc3c(=O)n4c(nc3c2)CCCCC4)C(C)(C)c2ccccc21. The predicted molar refractivity (Wildman–Crippen MR) is 135 cm³/mol. The number of para-hydroxylation sites is 1. The van der Waals surface area contributed by atoms with Gasteiger partial charge in [-0.3, -0.25) is 14.2 Å². The molecule has 3 heterocycles. The molecule has 35 heavy (non-hydrogen) atoms. The number of carbonyl (C=O) groups is 2. The number of aromatic nitrogens is 2. The highest BCUT2D eigenvalue weighted by Crippen LogP contribution is 2.46. The smallest absolute Gasteiger partial charge is 0.338 e. The van der Waals surface area contributed by atoms with E-state index >= 15 is 0 Å². The van der Waals surface area contributed by atoms with Crippen molar-refractivity contribution in [3.05, 3.63) is 81.5 Å². The average molecular weight is 472 g/mol. The first kappa shape index (κ1) is 23.0. The Bertz CT molecular complexity index is 1430. The lowest BCUT2D eigenvalue weighted by atomic mass is 9.83. The second-order valence-electron chi connectivity index (χ2n) is 9.80.